The van der Waals surface area contributed by atoms with E-state index >= 15 is 0 Å². The van der Waals surface area contributed by atoms with Crippen molar-refractivity contribution in [2.24, 2.45) is 17.8 Å². The number of rotatable bonds is 16. The number of benzene rings is 2. The van der Waals surface area contributed by atoms with Crippen LogP contribution < -0.4 is 9.64 Å². The molecule has 0 radical (unpaired) electrons. The molecular weight excluding hydrogens is 650 g/mol. The van der Waals surface area contributed by atoms with E-state index in [2.05, 4.69) is 13.2 Å². The molecule has 3 fully saturated rings. The largest absolute Gasteiger partial charge is 0.497 e. The summed E-state index contributed by atoms with van der Waals surface area (Å²) in [7, 11) is 3.24. The van der Waals surface area contributed by atoms with E-state index in [1.54, 1.807) is 60.4 Å². The Balaban J connectivity index is 1.53. The number of esters is 1. The normalized spacial score (nSPS) is 25.2. The average molecular weight is 702 g/mol. The van der Waals surface area contributed by atoms with Crippen LogP contribution in [0.4, 0.5) is 5.69 Å². The Bertz CT molecular complexity index is 1600. The molecule has 3 amide bonds. The molecule has 2 bridgehead atoms. The highest BCUT2D eigenvalue weighted by atomic mass is 16.6. The number of nitrogens with zero attached hydrogens (tertiary/aromatic N) is 3. The number of likely N-dealkylation sites (N-methyl/N-ethyl adjacent to an activating group) is 1. The molecule has 2 aromatic rings. The van der Waals surface area contributed by atoms with Crippen LogP contribution in [0.3, 0.4) is 0 Å². The molecule has 3 saturated heterocycles. The minimum atomic E-state index is -1.32. The highest BCUT2D eigenvalue weighted by molar-refractivity contribution is 6.05. The van der Waals surface area contributed by atoms with Crippen molar-refractivity contribution in [1.82, 2.24) is 9.80 Å². The smallest absolute Gasteiger partial charge is 0.313 e. The lowest BCUT2D eigenvalue weighted by atomic mass is 9.70. The number of carbonyl (C=O) groups is 4. The summed E-state index contributed by atoms with van der Waals surface area (Å²) in [6.07, 6.45) is 3.42. The Hall–Kier alpha value is -4.48. The third-order valence-electron chi connectivity index (χ3n) is 10.9. The summed E-state index contributed by atoms with van der Waals surface area (Å²) in [5, 5.41) is 10.6. The van der Waals surface area contributed by atoms with Gasteiger partial charge in [0, 0.05) is 25.7 Å². The van der Waals surface area contributed by atoms with Gasteiger partial charge < -0.3 is 34.0 Å². The van der Waals surface area contributed by atoms with Crippen LogP contribution in [0.2, 0.25) is 0 Å². The van der Waals surface area contributed by atoms with Gasteiger partial charge in [0.2, 0.25) is 11.8 Å². The topological polar surface area (TPSA) is 126 Å². The number of allylic oxidation sites excluding steroid dienone is 1. The van der Waals surface area contributed by atoms with Crippen LogP contribution in [0.1, 0.15) is 58.1 Å². The molecule has 2 aromatic carbocycles. The van der Waals surface area contributed by atoms with Crippen LogP contribution in [0.15, 0.2) is 79.9 Å². The molecule has 1 N–H and O–H groups in total. The molecule has 11 nitrogen and oxygen atoms in total. The second-order valence-electron chi connectivity index (χ2n) is 14.1. The molecule has 0 unspecified atom stereocenters. The van der Waals surface area contributed by atoms with E-state index in [1.807, 2.05) is 51.1 Å². The molecule has 3 aliphatic rings. The minimum absolute atomic E-state index is 0.116. The maximum atomic E-state index is 14.9. The number of carbonyl (C=O) groups excluding carboxylic acids is 4. The highest BCUT2D eigenvalue weighted by Gasteiger charge is 2.76. The zero-order chi connectivity index (χ0) is 37.0. The van der Waals surface area contributed by atoms with Crippen LogP contribution in [-0.4, -0.2) is 95.7 Å². The van der Waals surface area contributed by atoms with Crippen LogP contribution in [0.5, 0.6) is 5.75 Å². The van der Waals surface area contributed by atoms with Crippen molar-refractivity contribution < 1.29 is 38.5 Å². The number of ether oxygens (including phenoxy) is 3. The first-order valence-corrected chi connectivity index (χ1v) is 17.7. The predicted molar refractivity (Wildman–Crippen MR) is 193 cm³/mol. The van der Waals surface area contributed by atoms with Gasteiger partial charge in [0.1, 0.15) is 23.5 Å². The second kappa shape index (κ2) is 15.8. The van der Waals surface area contributed by atoms with E-state index < -0.39 is 59.6 Å². The van der Waals surface area contributed by atoms with Crippen LogP contribution in [0.25, 0.3) is 0 Å². The van der Waals surface area contributed by atoms with Crippen molar-refractivity contribution in [3.63, 3.8) is 0 Å². The third-order valence-corrected chi connectivity index (χ3v) is 10.9. The van der Waals surface area contributed by atoms with Gasteiger partial charge in [0.05, 0.1) is 43.7 Å². The number of fused-ring (bicyclic) bond motifs is 1. The van der Waals surface area contributed by atoms with Gasteiger partial charge in [0.25, 0.3) is 5.91 Å². The summed E-state index contributed by atoms with van der Waals surface area (Å²) in [6.45, 7) is 13.0. The van der Waals surface area contributed by atoms with E-state index in [4.69, 9.17) is 14.2 Å². The Morgan fingerprint density at radius 2 is 1.76 bits per heavy atom. The van der Waals surface area contributed by atoms with E-state index in [0.717, 1.165) is 0 Å². The van der Waals surface area contributed by atoms with Crippen molar-refractivity contribution >= 4 is 29.4 Å². The van der Waals surface area contributed by atoms with E-state index in [1.165, 1.54) is 4.90 Å². The highest BCUT2D eigenvalue weighted by Crippen LogP contribution is 2.59. The summed E-state index contributed by atoms with van der Waals surface area (Å²) in [5.41, 5.74) is -0.0391. The van der Waals surface area contributed by atoms with Gasteiger partial charge in [-0.25, -0.2) is 0 Å². The summed E-state index contributed by atoms with van der Waals surface area (Å²) in [6, 6.07) is 13.9. The summed E-state index contributed by atoms with van der Waals surface area (Å²) >= 11 is 0. The molecule has 51 heavy (non-hydrogen) atoms. The Kier molecular flexibility index (Phi) is 11.7. The second-order valence-corrected chi connectivity index (χ2v) is 14.1. The predicted octanol–water partition coefficient (Wildman–Crippen LogP) is 4.70. The number of aliphatic hydroxyl groups excluding tert-OH is 1. The Morgan fingerprint density at radius 1 is 1.08 bits per heavy atom. The van der Waals surface area contributed by atoms with Crippen molar-refractivity contribution in [2.75, 3.05) is 32.2 Å². The standard InChI is InChI=1S/C40H51N3O8/c1-8-10-16-32(45)41(6)26(5)35(27-14-12-11-13-15-27)50-39(48)33-31-21-22-40(51-31)34(33)37(46)43(30(24-44)25(3)4)36(40)38(47)42(23-9-2)28-17-19-29(49-7)20-18-28/h8-9,11-15,17-20,25-26,30-31,33-36,44H,1-2,10,16,21-24H2,3-7H3/t26-,30-,31-,33+,34+,35+,36-,40+/m0/s1. The lowest BCUT2D eigenvalue weighted by Crippen LogP contribution is -2.59. The average Bonchev–Trinajstić information content (AvgIpc) is 3.79. The number of hydrogen-bond acceptors (Lipinski definition) is 8. The molecule has 8 atom stereocenters. The zero-order valence-electron chi connectivity index (χ0n) is 30.3. The fourth-order valence-electron chi connectivity index (χ4n) is 8.10. The van der Waals surface area contributed by atoms with Crippen molar-refractivity contribution in [3.8, 4) is 5.75 Å². The SMILES string of the molecule is C=CCCC(=O)N(C)[C@@H](C)[C@@H](OC(=O)[C@@H]1[C@@H]2CC[C@]3(O2)[C@H](C(=O)N(CC=C)c2ccc(OC)cc2)N([C@@H](CO)C(C)C)C(=O)[C@@H]13)c1ccccc1. The first-order chi connectivity index (χ1) is 24.4. The van der Waals surface area contributed by atoms with E-state index in [0.29, 0.717) is 36.3 Å². The van der Waals surface area contributed by atoms with Gasteiger partial charge in [-0.15, -0.1) is 13.2 Å². The number of aliphatic hydroxyl groups is 1. The fraction of sp³-hybridized carbons (Fsp3) is 0.500. The molecule has 0 aromatic heterocycles. The van der Waals surface area contributed by atoms with Crippen LogP contribution in [0, 0.1) is 17.8 Å². The number of hydrogen-bond donors (Lipinski definition) is 1. The van der Waals surface area contributed by atoms with Gasteiger partial charge >= 0.3 is 5.97 Å². The van der Waals surface area contributed by atoms with E-state index in [9.17, 15) is 24.3 Å². The number of amides is 3. The van der Waals surface area contributed by atoms with Crippen molar-refractivity contribution in [1.29, 1.82) is 0 Å². The zero-order valence-corrected chi connectivity index (χ0v) is 30.3. The van der Waals surface area contributed by atoms with Crippen molar-refractivity contribution in [3.05, 3.63) is 85.5 Å². The number of likely N-dealkylation sites (tertiary alicyclic amines) is 1. The van der Waals surface area contributed by atoms with Gasteiger partial charge in [0.15, 0.2) is 0 Å². The lowest BCUT2D eigenvalue weighted by molar-refractivity contribution is -0.165. The molecule has 5 rings (SSSR count). The Morgan fingerprint density at radius 3 is 2.35 bits per heavy atom. The monoisotopic (exact) mass is 701 g/mol. The van der Waals surface area contributed by atoms with Crippen LogP contribution in [-0.2, 0) is 28.7 Å². The van der Waals surface area contributed by atoms with Crippen LogP contribution >= 0.6 is 0 Å². The maximum Gasteiger partial charge on any atom is 0.313 e. The molecule has 11 heteroatoms. The van der Waals surface area contributed by atoms with Gasteiger partial charge in [-0.3, -0.25) is 19.2 Å². The first-order valence-electron chi connectivity index (χ1n) is 17.7. The Labute approximate surface area is 300 Å². The third kappa shape index (κ3) is 6.93. The van der Waals surface area contributed by atoms with Gasteiger partial charge in [-0.1, -0.05) is 56.3 Å². The summed E-state index contributed by atoms with van der Waals surface area (Å²) in [5.74, 6) is -3.13. The molecule has 0 aliphatic carbocycles. The first kappa shape index (κ1) is 37.8. The lowest BCUT2D eigenvalue weighted by Gasteiger charge is -2.40. The molecular formula is C40H51N3O8. The fourth-order valence-corrected chi connectivity index (χ4v) is 8.10. The molecule has 1 spiro atoms. The van der Waals surface area contributed by atoms with Gasteiger partial charge in [-0.05, 0) is 61.9 Å². The summed E-state index contributed by atoms with van der Waals surface area (Å²) < 4.78 is 18.3. The van der Waals surface area contributed by atoms with Gasteiger partial charge in [-0.2, -0.15) is 0 Å². The quantitative estimate of drug-likeness (QED) is 0.197. The number of anilines is 1. The van der Waals surface area contributed by atoms with Crippen molar-refractivity contribution in [2.45, 2.75) is 82.4 Å². The minimum Gasteiger partial charge on any atom is -0.497 e. The molecule has 274 valence electrons. The molecule has 3 aliphatic heterocycles. The molecule has 3 heterocycles. The maximum absolute atomic E-state index is 14.9. The molecule has 0 saturated carbocycles. The van der Waals surface area contributed by atoms with E-state index in [-0.39, 0.29) is 37.3 Å². The summed E-state index contributed by atoms with van der Waals surface area (Å²) in [4.78, 5) is 61.8. The number of methoxy groups -OCH3 is 1.